The molecule has 0 spiro atoms. The number of ether oxygens (including phenoxy) is 3. The summed E-state index contributed by atoms with van der Waals surface area (Å²) in [5, 5.41) is 0. The lowest BCUT2D eigenvalue weighted by molar-refractivity contribution is -0.163. The Kier molecular flexibility index (Phi) is 47.4. The Labute approximate surface area is 361 Å². The van der Waals surface area contributed by atoms with Crippen LogP contribution in [0.1, 0.15) is 252 Å². The highest BCUT2D eigenvalue weighted by Crippen LogP contribution is 2.15. The number of carbonyl (C=O) groups is 2. The van der Waals surface area contributed by atoms with E-state index in [9.17, 15) is 9.59 Å². The van der Waals surface area contributed by atoms with Gasteiger partial charge in [0.05, 0.1) is 6.61 Å². The Balaban J connectivity index is 4.28. The van der Waals surface area contributed by atoms with Gasteiger partial charge in [0, 0.05) is 19.4 Å². The van der Waals surface area contributed by atoms with Crippen molar-refractivity contribution >= 4 is 11.9 Å². The SMILES string of the molecule is CC/C=C\C/C=C\C/C=C\CCCCCC(=O)OCC(COCCCCCCCC/C=C\CCCCCCCC)OC(=O)CCCCCCCCCCCCCCC. The topological polar surface area (TPSA) is 61.8 Å². The van der Waals surface area contributed by atoms with E-state index in [2.05, 4.69) is 69.4 Å². The number of carbonyl (C=O) groups excluding carboxylic acids is 2. The predicted octanol–water partition coefficient (Wildman–Crippen LogP) is 16.8. The maximum Gasteiger partial charge on any atom is 0.306 e. The number of rotatable bonds is 46. The zero-order chi connectivity index (χ0) is 42.1. The third kappa shape index (κ3) is 46.5. The molecule has 338 valence electrons. The van der Waals surface area contributed by atoms with Gasteiger partial charge in [-0.1, -0.05) is 211 Å². The van der Waals surface area contributed by atoms with Crippen molar-refractivity contribution in [2.24, 2.45) is 0 Å². The third-order valence-corrected chi connectivity index (χ3v) is 10.8. The number of allylic oxidation sites excluding steroid dienone is 8. The van der Waals surface area contributed by atoms with E-state index in [1.807, 2.05) is 0 Å². The summed E-state index contributed by atoms with van der Waals surface area (Å²) < 4.78 is 17.4. The van der Waals surface area contributed by atoms with Crippen LogP contribution in [0.25, 0.3) is 0 Å². The fraction of sp³-hybridized carbons (Fsp3) is 0.811. The van der Waals surface area contributed by atoms with Crippen LogP contribution >= 0.6 is 0 Å². The highest BCUT2D eigenvalue weighted by atomic mass is 16.6. The summed E-state index contributed by atoms with van der Waals surface area (Å²) in [5.41, 5.74) is 0. The first-order valence-electron chi connectivity index (χ1n) is 25.2. The van der Waals surface area contributed by atoms with Crippen LogP contribution < -0.4 is 0 Å². The third-order valence-electron chi connectivity index (χ3n) is 10.8. The minimum absolute atomic E-state index is 0.0705. The monoisotopic (exact) mass is 813 g/mol. The molecule has 0 amide bonds. The average molecular weight is 813 g/mol. The van der Waals surface area contributed by atoms with Gasteiger partial charge in [0.2, 0.25) is 0 Å². The van der Waals surface area contributed by atoms with Crippen molar-refractivity contribution in [2.45, 2.75) is 258 Å². The summed E-state index contributed by atoms with van der Waals surface area (Å²) in [7, 11) is 0. The molecule has 0 N–H and O–H groups in total. The molecule has 0 radical (unpaired) electrons. The molecule has 58 heavy (non-hydrogen) atoms. The van der Waals surface area contributed by atoms with Crippen molar-refractivity contribution < 1.29 is 23.8 Å². The summed E-state index contributed by atoms with van der Waals surface area (Å²) >= 11 is 0. The van der Waals surface area contributed by atoms with Gasteiger partial charge in [-0.3, -0.25) is 9.59 Å². The van der Waals surface area contributed by atoms with Crippen LogP contribution in [0.2, 0.25) is 0 Å². The van der Waals surface area contributed by atoms with Crippen molar-refractivity contribution in [3.8, 4) is 0 Å². The Morgan fingerprint density at radius 3 is 1.28 bits per heavy atom. The van der Waals surface area contributed by atoms with Crippen LogP contribution in [0, 0.1) is 0 Å². The minimum atomic E-state index is -0.547. The van der Waals surface area contributed by atoms with Gasteiger partial charge in [0.1, 0.15) is 6.61 Å². The van der Waals surface area contributed by atoms with E-state index in [1.54, 1.807) is 0 Å². The molecule has 1 unspecified atom stereocenters. The second kappa shape index (κ2) is 49.2. The van der Waals surface area contributed by atoms with Gasteiger partial charge in [0.25, 0.3) is 0 Å². The van der Waals surface area contributed by atoms with Crippen LogP contribution in [-0.2, 0) is 23.8 Å². The van der Waals surface area contributed by atoms with E-state index < -0.39 is 6.10 Å². The first-order chi connectivity index (χ1) is 28.6. The molecule has 0 rings (SSSR count). The average Bonchev–Trinajstić information content (AvgIpc) is 3.22. The van der Waals surface area contributed by atoms with Crippen molar-refractivity contribution in [2.75, 3.05) is 19.8 Å². The zero-order valence-corrected chi connectivity index (χ0v) is 38.8. The summed E-state index contributed by atoms with van der Waals surface area (Å²) in [6.07, 6.45) is 59.7. The standard InChI is InChI=1S/C53H96O5/c1-4-7-10-13-16-19-22-25-26-27-30-33-36-39-42-45-48-56-49-51(58-53(55)47-44-41-38-35-32-29-24-21-18-15-12-9-6-3)50-57-52(54)46-43-40-37-34-31-28-23-20-17-14-11-8-5-2/h8,11,17,20,25-26,28,31,51H,4-7,9-10,12-16,18-19,21-24,27,29-30,32-50H2,1-3H3/b11-8-,20-17-,26-25-,31-28-. The number of hydrogen-bond donors (Lipinski definition) is 0. The fourth-order valence-electron chi connectivity index (χ4n) is 7.11. The molecule has 0 aliphatic heterocycles. The molecule has 0 heterocycles. The first-order valence-corrected chi connectivity index (χ1v) is 25.2. The fourth-order valence-corrected chi connectivity index (χ4v) is 7.11. The van der Waals surface area contributed by atoms with Gasteiger partial charge in [-0.05, 0) is 77.0 Å². The van der Waals surface area contributed by atoms with Gasteiger partial charge in [-0.2, -0.15) is 0 Å². The summed E-state index contributed by atoms with van der Waals surface area (Å²) in [4.78, 5) is 25.3. The van der Waals surface area contributed by atoms with Crippen molar-refractivity contribution in [1.29, 1.82) is 0 Å². The number of unbranched alkanes of at least 4 members (excludes halogenated alkanes) is 27. The van der Waals surface area contributed by atoms with E-state index in [-0.39, 0.29) is 25.2 Å². The Hall–Kier alpha value is -2.14. The molecule has 5 heteroatoms. The summed E-state index contributed by atoms with van der Waals surface area (Å²) in [6.45, 7) is 7.69. The second-order valence-electron chi connectivity index (χ2n) is 16.7. The smallest absolute Gasteiger partial charge is 0.306 e. The Bertz CT molecular complexity index is 966. The minimum Gasteiger partial charge on any atom is -0.462 e. The van der Waals surface area contributed by atoms with Gasteiger partial charge in [0.15, 0.2) is 6.10 Å². The summed E-state index contributed by atoms with van der Waals surface area (Å²) in [6, 6.07) is 0. The summed E-state index contributed by atoms with van der Waals surface area (Å²) in [5.74, 6) is -0.425. The molecular weight excluding hydrogens is 717 g/mol. The van der Waals surface area contributed by atoms with Crippen molar-refractivity contribution in [3.05, 3.63) is 48.6 Å². The second-order valence-corrected chi connectivity index (χ2v) is 16.7. The molecule has 0 saturated carbocycles. The van der Waals surface area contributed by atoms with Gasteiger partial charge in [-0.25, -0.2) is 0 Å². The van der Waals surface area contributed by atoms with E-state index in [4.69, 9.17) is 14.2 Å². The molecule has 5 nitrogen and oxygen atoms in total. The van der Waals surface area contributed by atoms with Crippen LogP contribution in [0.3, 0.4) is 0 Å². The maximum absolute atomic E-state index is 12.8. The molecule has 1 atom stereocenters. The van der Waals surface area contributed by atoms with Crippen LogP contribution in [0.5, 0.6) is 0 Å². The Morgan fingerprint density at radius 1 is 0.397 bits per heavy atom. The zero-order valence-electron chi connectivity index (χ0n) is 38.8. The molecule has 0 aromatic heterocycles. The van der Waals surface area contributed by atoms with Gasteiger partial charge in [-0.15, -0.1) is 0 Å². The molecule has 0 aliphatic carbocycles. The van der Waals surface area contributed by atoms with Gasteiger partial charge < -0.3 is 14.2 Å². The largest absolute Gasteiger partial charge is 0.462 e. The molecule has 0 aromatic rings. The van der Waals surface area contributed by atoms with Crippen LogP contribution in [0.4, 0.5) is 0 Å². The van der Waals surface area contributed by atoms with Crippen LogP contribution in [-0.4, -0.2) is 37.9 Å². The molecule has 0 fully saturated rings. The van der Waals surface area contributed by atoms with E-state index in [1.165, 1.54) is 148 Å². The number of hydrogen-bond acceptors (Lipinski definition) is 5. The number of esters is 2. The van der Waals surface area contributed by atoms with Gasteiger partial charge >= 0.3 is 11.9 Å². The first kappa shape index (κ1) is 55.9. The quantitative estimate of drug-likeness (QED) is 0.0348. The molecule has 0 saturated heterocycles. The molecule has 0 aliphatic rings. The molecular formula is C53H96O5. The maximum atomic E-state index is 12.8. The normalized spacial score (nSPS) is 12.5. The Morgan fingerprint density at radius 2 is 0.776 bits per heavy atom. The lowest BCUT2D eigenvalue weighted by Gasteiger charge is -2.18. The highest BCUT2D eigenvalue weighted by Gasteiger charge is 2.17. The lowest BCUT2D eigenvalue weighted by Crippen LogP contribution is -2.30. The van der Waals surface area contributed by atoms with Crippen molar-refractivity contribution in [3.63, 3.8) is 0 Å². The lowest BCUT2D eigenvalue weighted by atomic mass is 10.0. The molecule has 0 aromatic carbocycles. The van der Waals surface area contributed by atoms with Crippen molar-refractivity contribution in [1.82, 2.24) is 0 Å². The van der Waals surface area contributed by atoms with E-state index >= 15 is 0 Å². The van der Waals surface area contributed by atoms with E-state index in [0.717, 1.165) is 70.6 Å². The van der Waals surface area contributed by atoms with Crippen LogP contribution in [0.15, 0.2) is 48.6 Å². The predicted molar refractivity (Wildman–Crippen MR) is 251 cm³/mol. The highest BCUT2D eigenvalue weighted by molar-refractivity contribution is 5.70. The molecule has 0 bridgehead atoms. The van der Waals surface area contributed by atoms with E-state index in [0.29, 0.717) is 19.4 Å².